The van der Waals surface area contributed by atoms with Crippen LogP contribution in [-0.4, -0.2) is 13.9 Å². The zero-order valence-electron chi connectivity index (χ0n) is 4.87. The van der Waals surface area contributed by atoms with E-state index in [1.165, 1.54) is 5.67 Å². The van der Waals surface area contributed by atoms with Gasteiger partial charge in [0, 0.05) is 5.67 Å². The molecule has 2 unspecified atom stereocenters. The van der Waals surface area contributed by atoms with Crippen molar-refractivity contribution in [1.29, 1.82) is 0 Å². The second-order valence-electron chi connectivity index (χ2n) is 2.48. The molecule has 1 saturated heterocycles. The van der Waals surface area contributed by atoms with Crippen molar-refractivity contribution in [3.05, 3.63) is 0 Å². The highest BCUT2D eigenvalue weighted by atomic mass is 79.9. The van der Waals surface area contributed by atoms with Crippen LogP contribution in [0.15, 0.2) is 0 Å². The molecular formula is C3H8Br2OSi2. The van der Waals surface area contributed by atoms with Gasteiger partial charge in [-0.1, -0.05) is 30.6 Å². The highest BCUT2D eigenvalue weighted by Crippen LogP contribution is 2.42. The van der Waals surface area contributed by atoms with Crippen molar-refractivity contribution in [2.75, 3.05) is 0 Å². The van der Waals surface area contributed by atoms with E-state index in [-0.39, 0.29) is 0 Å². The van der Waals surface area contributed by atoms with E-state index in [2.05, 4.69) is 43.7 Å². The van der Waals surface area contributed by atoms with Crippen molar-refractivity contribution in [2.45, 2.75) is 18.8 Å². The molecule has 1 nitrogen and oxygen atoms in total. The van der Waals surface area contributed by atoms with Gasteiger partial charge in [-0.2, -0.15) is 0 Å². The molecule has 8 heavy (non-hydrogen) atoms. The molecule has 0 spiro atoms. The van der Waals surface area contributed by atoms with E-state index in [0.29, 0.717) is 0 Å². The lowest BCUT2D eigenvalue weighted by Crippen LogP contribution is -2.56. The second-order valence-corrected chi connectivity index (χ2v) is 19.2. The van der Waals surface area contributed by atoms with Gasteiger partial charge in [-0.3, -0.25) is 0 Å². The minimum Gasteiger partial charge on any atom is -0.439 e. The molecule has 0 aromatic rings. The topological polar surface area (TPSA) is 9.23 Å². The number of hydrogen-bond donors (Lipinski definition) is 0. The fourth-order valence-corrected chi connectivity index (χ4v) is 30.4. The summed E-state index contributed by atoms with van der Waals surface area (Å²) in [4.78, 5) is 0. The Labute approximate surface area is 67.2 Å². The third-order valence-electron chi connectivity index (χ3n) is 1.06. The van der Waals surface area contributed by atoms with Crippen molar-refractivity contribution in [3.8, 4) is 0 Å². The average Bonchev–Trinajstić information content (AvgIpc) is 1.20. The first-order valence-corrected chi connectivity index (χ1v) is 12.2. The Hall–Kier alpha value is 1.35. The van der Waals surface area contributed by atoms with E-state index >= 15 is 0 Å². The molecule has 5 heteroatoms. The van der Waals surface area contributed by atoms with Crippen LogP contribution in [-0.2, 0) is 4.12 Å². The zero-order chi connectivity index (χ0) is 6.41. The number of rotatable bonds is 0. The van der Waals surface area contributed by atoms with Crippen LogP contribution >= 0.6 is 30.6 Å². The van der Waals surface area contributed by atoms with E-state index < -0.39 is 13.9 Å². The molecule has 0 N–H and O–H groups in total. The lowest BCUT2D eigenvalue weighted by atomic mass is 11.8. The van der Waals surface area contributed by atoms with E-state index in [9.17, 15) is 0 Å². The summed E-state index contributed by atoms with van der Waals surface area (Å²) in [5, 5.41) is 0. The first-order chi connectivity index (χ1) is 3.41. The maximum Gasteiger partial charge on any atom is 0.251 e. The quantitative estimate of drug-likeness (QED) is 0.488. The molecule has 0 aliphatic carbocycles. The minimum atomic E-state index is -1.26. The monoisotopic (exact) mass is 274 g/mol. The van der Waals surface area contributed by atoms with Gasteiger partial charge in [0.25, 0.3) is 13.9 Å². The van der Waals surface area contributed by atoms with Gasteiger partial charge in [0.1, 0.15) is 0 Å². The van der Waals surface area contributed by atoms with Gasteiger partial charge in [-0.15, -0.1) is 0 Å². The normalized spacial score (nSPS) is 55.5. The van der Waals surface area contributed by atoms with Crippen molar-refractivity contribution < 1.29 is 4.12 Å². The van der Waals surface area contributed by atoms with Gasteiger partial charge in [0.2, 0.25) is 0 Å². The first-order valence-electron chi connectivity index (χ1n) is 2.49. The molecule has 0 saturated carbocycles. The smallest absolute Gasteiger partial charge is 0.251 e. The Bertz CT molecular complexity index is 91.9. The number of halogens is 2. The van der Waals surface area contributed by atoms with Crippen LogP contribution in [0.1, 0.15) is 0 Å². The highest BCUT2D eigenvalue weighted by molar-refractivity contribution is 9.28. The molecule has 1 heterocycles. The standard InChI is InChI=1S/C3H8Br2OSi2/c1-7(4)3-8(2,5)6-7/h3H2,1-2H3. The molecular weight excluding hydrogens is 268 g/mol. The number of hydrogen-bond acceptors (Lipinski definition) is 1. The molecule has 0 radical (unpaired) electrons. The lowest BCUT2D eigenvalue weighted by molar-refractivity contribution is 0.545. The molecule has 1 rings (SSSR count). The SMILES string of the molecule is C[Si]1(Br)C[Si](C)(Br)O1. The Morgan fingerprint density at radius 2 is 1.50 bits per heavy atom. The van der Waals surface area contributed by atoms with Crippen LogP contribution in [0, 0.1) is 0 Å². The molecule has 1 fully saturated rings. The summed E-state index contributed by atoms with van der Waals surface area (Å²) in [7, 11) is 0. The molecule has 0 aromatic carbocycles. The fraction of sp³-hybridized carbons (Fsp3) is 1.00. The van der Waals surface area contributed by atoms with Gasteiger partial charge < -0.3 is 4.12 Å². The van der Waals surface area contributed by atoms with Gasteiger partial charge in [-0.25, -0.2) is 0 Å². The van der Waals surface area contributed by atoms with Crippen molar-refractivity contribution in [3.63, 3.8) is 0 Å². The van der Waals surface area contributed by atoms with Crippen molar-refractivity contribution >= 4 is 44.5 Å². The molecule has 0 amide bonds. The maximum absolute atomic E-state index is 5.62. The van der Waals surface area contributed by atoms with Crippen molar-refractivity contribution in [2.24, 2.45) is 0 Å². The van der Waals surface area contributed by atoms with Gasteiger partial charge in [-0.05, 0) is 13.1 Å². The summed E-state index contributed by atoms with van der Waals surface area (Å²) < 4.78 is 5.62. The third kappa shape index (κ3) is 1.66. The molecule has 48 valence electrons. The maximum atomic E-state index is 5.62. The molecule has 1 aliphatic heterocycles. The zero-order valence-corrected chi connectivity index (χ0v) is 10.0. The largest absolute Gasteiger partial charge is 0.439 e. The van der Waals surface area contributed by atoms with E-state index in [1.54, 1.807) is 0 Å². The lowest BCUT2D eigenvalue weighted by Gasteiger charge is -2.42. The Balaban J connectivity index is 2.42. The summed E-state index contributed by atoms with van der Waals surface area (Å²) in [5.74, 6) is 0. The van der Waals surface area contributed by atoms with Crippen molar-refractivity contribution in [1.82, 2.24) is 0 Å². The highest BCUT2D eigenvalue weighted by Gasteiger charge is 2.51. The fourth-order valence-electron chi connectivity index (χ4n) is 0.999. The van der Waals surface area contributed by atoms with Crippen LogP contribution in [0.2, 0.25) is 18.8 Å². The minimum absolute atomic E-state index is 1.26. The van der Waals surface area contributed by atoms with E-state index in [0.717, 1.165) is 0 Å². The van der Waals surface area contributed by atoms with Crippen LogP contribution in [0.4, 0.5) is 0 Å². The molecule has 0 aromatic heterocycles. The van der Waals surface area contributed by atoms with Crippen LogP contribution in [0.5, 0.6) is 0 Å². The van der Waals surface area contributed by atoms with E-state index in [4.69, 9.17) is 4.12 Å². The molecule has 2 atom stereocenters. The predicted octanol–water partition coefficient (Wildman–Crippen LogP) is 2.49. The summed E-state index contributed by atoms with van der Waals surface area (Å²) in [6.07, 6.45) is 0. The summed E-state index contributed by atoms with van der Waals surface area (Å²) in [6.45, 7) is 1.85. The van der Waals surface area contributed by atoms with Crippen LogP contribution in [0.25, 0.3) is 0 Å². The van der Waals surface area contributed by atoms with Crippen LogP contribution < -0.4 is 0 Å². The summed E-state index contributed by atoms with van der Waals surface area (Å²) in [5.41, 5.74) is 1.29. The Morgan fingerprint density at radius 3 is 1.50 bits per heavy atom. The molecule has 0 bridgehead atoms. The average molecular weight is 276 g/mol. The van der Waals surface area contributed by atoms with Gasteiger partial charge in [0.05, 0.1) is 0 Å². The Kier molecular flexibility index (Phi) is 1.79. The Morgan fingerprint density at radius 1 is 1.25 bits per heavy atom. The first kappa shape index (κ1) is 7.46. The van der Waals surface area contributed by atoms with Crippen LogP contribution in [0.3, 0.4) is 0 Å². The van der Waals surface area contributed by atoms with Gasteiger partial charge in [0.15, 0.2) is 0 Å². The van der Waals surface area contributed by atoms with Gasteiger partial charge >= 0.3 is 0 Å². The summed E-state index contributed by atoms with van der Waals surface area (Å²) >= 11 is 7.12. The second kappa shape index (κ2) is 1.92. The summed E-state index contributed by atoms with van der Waals surface area (Å²) in [6, 6.07) is 0. The molecule has 1 aliphatic rings. The predicted molar refractivity (Wildman–Crippen MR) is 47.0 cm³/mol. The third-order valence-corrected chi connectivity index (χ3v) is 17.5. The van der Waals surface area contributed by atoms with E-state index in [1.807, 2.05) is 0 Å².